The summed E-state index contributed by atoms with van der Waals surface area (Å²) in [6, 6.07) is -1.04. The van der Waals surface area contributed by atoms with Gasteiger partial charge in [0, 0.05) is 6.42 Å². The molecule has 1 aliphatic heterocycles. The number of hydrogen-bond acceptors (Lipinski definition) is 10. The number of aliphatic hydroxyl groups is 5. The van der Waals surface area contributed by atoms with Crippen molar-refractivity contribution >= 4 is 11.9 Å². The van der Waals surface area contributed by atoms with E-state index in [9.17, 15) is 35.1 Å². The van der Waals surface area contributed by atoms with Crippen molar-refractivity contribution in [1.82, 2.24) is 5.32 Å². The van der Waals surface area contributed by atoms with Crippen LogP contribution in [0, 0.1) is 0 Å². The monoisotopic (exact) mass is 1260 g/mol. The van der Waals surface area contributed by atoms with E-state index in [0.717, 1.165) is 141 Å². The second-order valence-corrected chi connectivity index (χ2v) is 24.9. The van der Waals surface area contributed by atoms with Crippen LogP contribution < -0.4 is 5.32 Å². The Morgan fingerprint density at radius 1 is 0.444 bits per heavy atom. The molecule has 1 aliphatic rings. The van der Waals surface area contributed by atoms with Crippen molar-refractivity contribution in [3.8, 4) is 0 Å². The summed E-state index contributed by atoms with van der Waals surface area (Å²) in [4.78, 5) is 26.7. The number of allylic oxidation sites excluding steroid dienone is 19. The van der Waals surface area contributed by atoms with Crippen molar-refractivity contribution in [2.24, 2.45) is 0 Å². The van der Waals surface area contributed by atoms with E-state index in [0.29, 0.717) is 12.8 Å². The molecule has 0 aliphatic carbocycles. The summed E-state index contributed by atoms with van der Waals surface area (Å²) in [5.74, 6) is -1.21. The maximum atomic E-state index is 13.5. The summed E-state index contributed by atoms with van der Waals surface area (Å²) in [5.41, 5.74) is 0. The van der Waals surface area contributed by atoms with Gasteiger partial charge in [0.2, 0.25) is 5.91 Å². The van der Waals surface area contributed by atoms with Crippen molar-refractivity contribution in [2.45, 2.75) is 352 Å². The number of hydrogen-bond donors (Lipinski definition) is 6. The number of esters is 1. The predicted molar refractivity (Wildman–Crippen MR) is 379 cm³/mol. The van der Waals surface area contributed by atoms with E-state index in [2.05, 4.69) is 135 Å². The second-order valence-electron chi connectivity index (χ2n) is 24.9. The van der Waals surface area contributed by atoms with Gasteiger partial charge in [-0.05, 0) is 116 Å². The molecule has 0 aromatic carbocycles. The predicted octanol–water partition coefficient (Wildman–Crippen LogP) is 19.3. The Morgan fingerprint density at radius 2 is 0.800 bits per heavy atom. The number of nitrogens with one attached hydrogen (secondary N) is 1. The molecule has 0 spiro atoms. The minimum atomic E-state index is -1.63. The average Bonchev–Trinajstić information content (AvgIpc) is 3.11. The maximum Gasteiger partial charge on any atom is 0.306 e. The van der Waals surface area contributed by atoms with Gasteiger partial charge in [0.25, 0.3) is 0 Å². The van der Waals surface area contributed by atoms with Gasteiger partial charge in [-0.25, -0.2) is 0 Å². The summed E-state index contributed by atoms with van der Waals surface area (Å²) in [5, 5.41) is 57.3. The third kappa shape index (κ3) is 51.6. The van der Waals surface area contributed by atoms with Gasteiger partial charge in [-0.1, -0.05) is 303 Å². The van der Waals surface area contributed by atoms with E-state index in [1.807, 2.05) is 6.08 Å². The van der Waals surface area contributed by atoms with Crippen molar-refractivity contribution in [3.05, 3.63) is 122 Å². The molecule has 6 N–H and O–H groups in total. The fourth-order valence-electron chi connectivity index (χ4n) is 10.8. The van der Waals surface area contributed by atoms with Crippen LogP contribution in [0.5, 0.6) is 0 Å². The van der Waals surface area contributed by atoms with Gasteiger partial charge >= 0.3 is 5.97 Å². The first-order valence-corrected chi connectivity index (χ1v) is 36.8. The molecule has 1 rings (SSSR count). The first-order valence-electron chi connectivity index (χ1n) is 36.8. The molecular weight excluding hydrogens is 1120 g/mol. The summed E-state index contributed by atoms with van der Waals surface area (Å²) in [7, 11) is 0. The van der Waals surface area contributed by atoms with E-state index < -0.39 is 67.4 Å². The topological polar surface area (TPSA) is 175 Å². The number of ether oxygens (including phenoxy) is 3. The van der Waals surface area contributed by atoms with Gasteiger partial charge in [0.05, 0.1) is 25.4 Å². The SMILES string of the molecule is CC/C=C\C/C=C\C/C=C\C/C=C\C/C=C\CCCCCCCCCC(=O)OC1C(OCC(NC(=O)C(O)CCCCCCCCCCCC/C=C\C/C=C\C/C=C\C/C=C\CCCCC)C(O)/C=C/CCCCCCCCCCCC)OC(CO)C(O)C1O. The zero-order valence-corrected chi connectivity index (χ0v) is 57.5. The van der Waals surface area contributed by atoms with Crippen molar-refractivity contribution < 1.29 is 49.3 Å². The molecule has 516 valence electrons. The minimum absolute atomic E-state index is 0.104. The lowest BCUT2D eigenvalue weighted by Gasteiger charge is -2.41. The molecule has 8 unspecified atom stereocenters. The van der Waals surface area contributed by atoms with Crippen LogP contribution in [0.25, 0.3) is 0 Å². The van der Waals surface area contributed by atoms with Crippen LogP contribution in [0.3, 0.4) is 0 Å². The Balaban J connectivity index is 2.57. The molecule has 0 aromatic heterocycles. The number of unbranched alkanes of at least 4 members (excludes halogenated alkanes) is 30. The Hall–Kier alpha value is -3.94. The van der Waals surface area contributed by atoms with Gasteiger partial charge < -0.3 is 45.1 Å². The fourth-order valence-corrected chi connectivity index (χ4v) is 10.8. The van der Waals surface area contributed by atoms with Crippen LogP contribution >= 0.6 is 0 Å². The molecule has 0 saturated carbocycles. The molecule has 0 bridgehead atoms. The van der Waals surface area contributed by atoms with Crippen molar-refractivity contribution in [1.29, 1.82) is 0 Å². The van der Waals surface area contributed by atoms with E-state index in [1.165, 1.54) is 116 Å². The third-order valence-corrected chi connectivity index (χ3v) is 16.6. The summed E-state index contributed by atoms with van der Waals surface area (Å²) in [6.07, 6.45) is 80.9. The number of amides is 1. The molecule has 1 heterocycles. The molecule has 1 saturated heterocycles. The van der Waals surface area contributed by atoms with Crippen molar-refractivity contribution in [2.75, 3.05) is 13.2 Å². The second kappa shape index (κ2) is 65.1. The Bertz CT molecular complexity index is 1930. The van der Waals surface area contributed by atoms with Gasteiger partial charge in [0.15, 0.2) is 12.4 Å². The van der Waals surface area contributed by atoms with Crippen LogP contribution in [-0.2, 0) is 23.8 Å². The van der Waals surface area contributed by atoms with E-state index in [4.69, 9.17) is 14.2 Å². The fraction of sp³-hybridized carbons (Fsp3) is 0.722. The standard InChI is InChI=1S/C79H135NO10/c1-4-7-10-13-16-19-22-25-27-29-31-33-35-36-37-39-40-42-44-46-48-51-54-57-60-63-66-72(83)78(87)80-70(71(82)65-62-59-56-53-50-24-21-18-15-12-9-6-3)69-88-79-77(76(86)75(85)73(68-81)89-79)90-74(84)67-64-61-58-55-52-49-47-45-43-41-38-34-32-30-28-26-23-20-17-14-11-8-5-2/h8,11,16-17,19-20,25-28,31-34,36-37,41,43,62,65,70-73,75-77,79,81-83,85-86H,4-7,9-10,12-15,18,21-24,29-30,35,38-40,42,44-61,63-64,66-69H2,1-3H3,(H,80,87)/b11-8-,19-16-,20-17-,27-25-,28-26-,33-31-,34-32-,37-36-,43-41-,65-62+. The maximum absolute atomic E-state index is 13.5. The molecule has 11 heteroatoms. The van der Waals surface area contributed by atoms with Gasteiger partial charge in [-0.15, -0.1) is 0 Å². The van der Waals surface area contributed by atoms with E-state index in [1.54, 1.807) is 6.08 Å². The minimum Gasteiger partial charge on any atom is -0.454 e. The highest BCUT2D eigenvalue weighted by molar-refractivity contribution is 5.80. The zero-order valence-electron chi connectivity index (χ0n) is 57.5. The number of carbonyl (C=O) groups is 2. The number of aliphatic hydroxyl groups excluding tert-OH is 5. The highest BCUT2D eigenvalue weighted by atomic mass is 16.7. The number of carbonyl (C=O) groups excluding carboxylic acids is 2. The van der Waals surface area contributed by atoms with Crippen molar-refractivity contribution in [3.63, 3.8) is 0 Å². The lowest BCUT2D eigenvalue weighted by molar-refractivity contribution is -0.305. The Labute approximate surface area is 550 Å². The Kier molecular flexibility index (Phi) is 60.8. The highest BCUT2D eigenvalue weighted by Crippen LogP contribution is 2.26. The molecule has 1 amide bonds. The molecule has 0 radical (unpaired) electrons. The molecule has 90 heavy (non-hydrogen) atoms. The first-order chi connectivity index (χ1) is 44.2. The quantitative estimate of drug-likeness (QED) is 0.0195. The lowest BCUT2D eigenvalue weighted by atomic mass is 9.99. The largest absolute Gasteiger partial charge is 0.454 e. The number of rotatable bonds is 62. The van der Waals surface area contributed by atoms with Crippen LogP contribution in [0.2, 0.25) is 0 Å². The van der Waals surface area contributed by atoms with Crippen LogP contribution in [0.1, 0.15) is 303 Å². The zero-order chi connectivity index (χ0) is 65.3. The van der Waals surface area contributed by atoms with Gasteiger partial charge in [0.1, 0.15) is 24.4 Å². The normalized spacial score (nSPS) is 18.8. The molecule has 0 aromatic rings. The van der Waals surface area contributed by atoms with Crippen LogP contribution in [0.15, 0.2) is 122 Å². The van der Waals surface area contributed by atoms with Gasteiger partial charge in [-0.3, -0.25) is 9.59 Å². The van der Waals surface area contributed by atoms with E-state index >= 15 is 0 Å². The summed E-state index contributed by atoms with van der Waals surface area (Å²) >= 11 is 0. The molecule has 11 nitrogen and oxygen atoms in total. The summed E-state index contributed by atoms with van der Waals surface area (Å²) < 4.78 is 17.7. The smallest absolute Gasteiger partial charge is 0.306 e. The molecule has 8 atom stereocenters. The molecule has 1 fully saturated rings. The Morgan fingerprint density at radius 3 is 1.22 bits per heavy atom. The summed E-state index contributed by atoms with van der Waals surface area (Å²) in [6.45, 7) is 5.66. The lowest BCUT2D eigenvalue weighted by Crippen LogP contribution is -2.61. The van der Waals surface area contributed by atoms with Crippen LogP contribution in [-0.4, -0.2) is 99.6 Å². The first kappa shape index (κ1) is 84.1. The average molecular weight is 1260 g/mol. The van der Waals surface area contributed by atoms with Crippen LogP contribution in [0.4, 0.5) is 0 Å². The third-order valence-electron chi connectivity index (χ3n) is 16.6. The highest BCUT2D eigenvalue weighted by Gasteiger charge is 2.47. The molecular formula is C79H135NO10. The van der Waals surface area contributed by atoms with Gasteiger partial charge in [-0.2, -0.15) is 0 Å². The van der Waals surface area contributed by atoms with E-state index in [-0.39, 0.29) is 19.4 Å².